The molecule has 1 atom stereocenters. The Morgan fingerprint density at radius 2 is 2.29 bits per heavy atom. The lowest BCUT2D eigenvalue weighted by molar-refractivity contribution is -0.220. The third-order valence-corrected chi connectivity index (χ3v) is 2.55. The molecule has 1 rings (SSSR count). The van der Waals surface area contributed by atoms with Gasteiger partial charge in [-0.2, -0.15) is 0 Å². The monoisotopic (exact) mass is 202 g/mol. The standard InChI is InChI=1S/C10H18O4/c1-4-9(11)13-6-8-5-12-7-14-10(8,2)3/h8H,4-7H2,1-3H3/t8-/m1/s1. The zero-order chi connectivity index (χ0) is 10.6. The Kier molecular flexibility index (Phi) is 3.89. The van der Waals surface area contributed by atoms with Gasteiger partial charge < -0.3 is 14.2 Å². The normalized spacial score (nSPS) is 25.8. The second kappa shape index (κ2) is 4.75. The quantitative estimate of drug-likeness (QED) is 0.648. The summed E-state index contributed by atoms with van der Waals surface area (Å²) in [4.78, 5) is 11.0. The minimum absolute atomic E-state index is 0.117. The van der Waals surface area contributed by atoms with Gasteiger partial charge in [-0.15, -0.1) is 0 Å². The van der Waals surface area contributed by atoms with Gasteiger partial charge in [-0.25, -0.2) is 0 Å². The highest BCUT2D eigenvalue weighted by atomic mass is 16.7. The lowest BCUT2D eigenvalue weighted by Gasteiger charge is -2.37. The molecule has 0 aromatic rings. The van der Waals surface area contributed by atoms with Crippen LogP contribution in [-0.2, 0) is 19.0 Å². The molecular formula is C10H18O4. The van der Waals surface area contributed by atoms with E-state index in [0.717, 1.165) is 0 Å². The van der Waals surface area contributed by atoms with Crippen LogP contribution in [0.15, 0.2) is 0 Å². The summed E-state index contributed by atoms with van der Waals surface area (Å²) in [6.07, 6.45) is 0.412. The van der Waals surface area contributed by atoms with E-state index in [4.69, 9.17) is 14.2 Å². The van der Waals surface area contributed by atoms with Gasteiger partial charge in [0.25, 0.3) is 0 Å². The molecule has 0 aromatic heterocycles. The first-order valence-corrected chi connectivity index (χ1v) is 4.93. The molecule has 0 saturated carbocycles. The van der Waals surface area contributed by atoms with Gasteiger partial charge in [0.1, 0.15) is 6.79 Å². The van der Waals surface area contributed by atoms with Crippen LogP contribution in [0.3, 0.4) is 0 Å². The maximum absolute atomic E-state index is 11.0. The lowest BCUT2D eigenvalue weighted by atomic mass is 9.91. The van der Waals surface area contributed by atoms with Crippen molar-refractivity contribution in [2.45, 2.75) is 32.8 Å². The summed E-state index contributed by atoms with van der Waals surface area (Å²) in [7, 11) is 0. The predicted molar refractivity (Wildman–Crippen MR) is 50.7 cm³/mol. The van der Waals surface area contributed by atoms with Crippen LogP contribution in [-0.4, -0.2) is 31.6 Å². The van der Waals surface area contributed by atoms with Gasteiger partial charge in [-0.3, -0.25) is 4.79 Å². The second-order valence-corrected chi connectivity index (χ2v) is 3.97. The number of ether oxygens (including phenoxy) is 3. The van der Waals surface area contributed by atoms with E-state index >= 15 is 0 Å². The van der Waals surface area contributed by atoms with Crippen LogP contribution in [0.4, 0.5) is 0 Å². The van der Waals surface area contributed by atoms with Crippen molar-refractivity contribution in [2.24, 2.45) is 5.92 Å². The summed E-state index contributed by atoms with van der Waals surface area (Å²) in [6.45, 7) is 7.04. The molecule has 0 N–H and O–H groups in total. The van der Waals surface area contributed by atoms with Gasteiger partial charge in [0, 0.05) is 12.3 Å². The molecule has 1 heterocycles. The second-order valence-electron chi connectivity index (χ2n) is 3.97. The number of hydrogen-bond acceptors (Lipinski definition) is 4. The largest absolute Gasteiger partial charge is 0.465 e. The van der Waals surface area contributed by atoms with E-state index in [0.29, 0.717) is 26.4 Å². The van der Waals surface area contributed by atoms with Crippen molar-refractivity contribution >= 4 is 5.97 Å². The Morgan fingerprint density at radius 1 is 1.57 bits per heavy atom. The highest BCUT2D eigenvalue weighted by molar-refractivity contribution is 5.68. The van der Waals surface area contributed by atoms with E-state index in [1.807, 2.05) is 13.8 Å². The van der Waals surface area contributed by atoms with E-state index in [-0.39, 0.29) is 17.5 Å². The Balaban J connectivity index is 2.38. The highest BCUT2D eigenvalue weighted by Crippen LogP contribution is 2.26. The van der Waals surface area contributed by atoms with Gasteiger partial charge in [0.2, 0.25) is 0 Å². The average molecular weight is 202 g/mol. The van der Waals surface area contributed by atoms with E-state index in [2.05, 4.69) is 0 Å². The van der Waals surface area contributed by atoms with Gasteiger partial charge in [0.05, 0.1) is 18.8 Å². The molecule has 0 aromatic carbocycles. The van der Waals surface area contributed by atoms with Gasteiger partial charge >= 0.3 is 5.97 Å². The van der Waals surface area contributed by atoms with E-state index in [1.54, 1.807) is 6.92 Å². The first-order valence-electron chi connectivity index (χ1n) is 4.93. The van der Waals surface area contributed by atoms with Crippen molar-refractivity contribution in [1.29, 1.82) is 0 Å². The summed E-state index contributed by atoms with van der Waals surface area (Å²) in [5.74, 6) is -0.0573. The molecule has 4 nitrogen and oxygen atoms in total. The third kappa shape index (κ3) is 2.96. The molecule has 1 aliphatic heterocycles. The SMILES string of the molecule is CCC(=O)OC[C@H]1COCOC1(C)C. The molecule has 4 heteroatoms. The van der Waals surface area contributed by atoms with Crippen molar-refractivity contribution in [2.75, 3.05) is 20.0 Å². The van der Waals surface area contributed by atoms with Crippen LogP contribution in [0.25, 0.3) is 0 Å². The van der Waals surface area contributed by atoms with Crippen molar-refractivity contribution in [3.63, 3.8) is 0 Å². The van der Waals surface area contributed by atoms with Crippen molar-refractivity contribution in [1.82, 2.24) is 0 Å². The number of esters is 1. The number of carbonyl (C=O) groups excluding carboxylic acids is 1. The van der Waals surface area contributed by atoms with Crippen LogP contribution in [0.1, 0.15) is 27.2 Å². The average Bonchev–Trinajstić information content (AvgIpc) is 2.15. The molecule has 0 radical (unpaired) electrons. The Labute approximate surface area is 84.5 Å². The molecule has 82 valence electrons. The third-order valence-electron chi connectivity index (χ3n) is 2.55. The summed E-state index contributed by atoms with van der Waals surface area (Å²) >= 11 is 0. The van der Waals surface area contributed by atoms with Crippen LogP contribution >= 0.6 is 0 Å². The van der Waals surface area contributed by atoms with Crippen LogP contribution in [0.2, 0.25) is 0 Å². The van der Waals surface area contributed by atoms with Gasteiger partial charge in [0.15, 0.2) is 0 Å². The van der Waals surface area contributed by atoms with E-state index in [9.17, 15) is 4.79 Å². The number of carbonyl (C=O) groups is 1. The molecule has 1 fully saturated rings. The van der Waals surface area contributed by atoms with Crippen LogP contribution in [0.5, 0.6) is 0 Å². The molecule has 14 heavy (non-hydrogen) atoms. The van der Waals surface area contributed by atoms with E-state index in [1.165, 1.54) is 0 Å². The zero-order valence-electron chi connectivity index (χ0n) is 9.04. The number of rotatable bonds is 3. The topological polar surface area (TPSA) is 44.8 Å². The fourth-order valence-corrected chi connectivity index (χ4v) is 1.25. The molecule has 0 aliphatic carbocycles. The van der Waals surface area contributed by atoms with Crippen LogP contribution < -0.4 is 0 Å². The Hall–Kier alpha value is -0.610. The number of hydrogen-bond donors (Lipinski definition) is 0. The van der Waals surface area contributed by atoms with Gasteiger partial charge in [-0.1, -0.05) is 6.92 Å². The fraction of sp³-hybridized carbons (Fsp3) is 0.900. The molecule has 0 spiro atoms. The first kappa shape index (κ1) is 11.5. The Bertz CT molecular complexity index is 200. The summed E-state index contributed by atoms with van der Waals surface area (Å²) in [6, 6.07) is 0. The summed E-state index contributed by atoms with van der Waals surface area (Å²) < 4.78 is 15.7. The van der Waals surface area contributed by atoms with E-state index < -0.39 is 0 Å². The Morgan fingerprint density at radius 3 is 2.86 bits per heavy atom. The molecule has 1 aliphatic rings. The smallest absolute Gasteiger partial charge is 0.305 e. The van der Waals surface area contributed by atoms with Crippen LogP contribution in [0, 0.1) is 5.92 Å². The first-order chi connectivity index (χ1) is 6.56. The van der Waals surface area contributed by atoms with Crippen molar-refractivity contribution < 1.29 is 19.0 Å². The molecule has 1 saturated heterocycles. The minimum atomic E-state index is -0.272. The maximum Gasteiger partial charge on any atom is 0.305 e. The molecule has 0 unspecified atom stereocenters. The van der Waals surface area contributed by atoms with Crippen molar-refractivity contribution in [3.05, 3.63) is 0 Å². The summed E-state index contributed by atoms with van der Waals surface area (Å²) in [5, 5.41) is 0. The predicted octanol–water partition coefficient (Wildman–Crippen LogP) is 1.34. The molecule has 0 bridgehead atoms. The zero-order valence-corrected chi connectivity index (χ0v) is 9.04. The lowest BCUT2D eigenvalue weighted by Crippen LogP contribution is -2.45. The minimum Gasteiger partial charge on any atom is -0.465 e. The summed E-state index contributed by atoms with van der Waals surface area (Å²) in [5.41, 5.74) is -0.272. The highest BCUT2D eigenvalue weighted by Gasteiger charge is 2.34. The van der Waals surface area contributed by atoms with Crippen molar-refractivity contribution in [3.8, 4) is 0 Å². The molecule has 0 amide bonds. The maximum atomic E-state index is 11.0. The van der Waals surface area contributed by atoms with Gasteiger partial charge in [-0.05, 0) is 13.8 Å². The molecular weight excluding hydrogens is 184 g/mol. The fourth-order valence-electron chi connectivity index (χ4n) is 1.25.